The molecule has 0 aliphatic heterocycles. The maximum Gasteiger partial charge on any atom is 0.245 e. The topological polar surface area (TPSA) is 55.1 Å². The van der Waals surface area contributed by atoms with Gasteiger partial charge in [0.2, 0.25) is 5.95 Å². The van der Waals surface area contributed by atoms with Crippen LogP contribution in [0.2, 0.25) is 5.15 Å². The molecule has 2 heterocycles. The van der Waals surface area contributed by atoms with Crippen LogP contribution in [0.3, 0.4) is 0 Å². The van der Waals surface area contributed by atoms with Crippen molar-refractivity contribution in [3.05, 3.63) is 16.8 Å². The average Bonchev–Trinajstić information content (AvgIpc) is 2.47. The molecule has 13 heavy (non-hydrogen) atoms. The molecule has 2 rings (SSSR count). The van der Waals surface area contributed by atoms with E-state index >= 15 is 0 Å². The number of hydrogen-bond acceptors (Lipinski definition) is 4. The Kier molecular flexibility index (Phi) is 1.81. The third-order valence-electron chi connectivity index (χ3n) is 1.75. The van der Waals surface area contributed by atoms with E-state index in [0.717, 1.165) is 5.56 Å². The number of rotatable bonds is 1. The van der Waals surface area contributed by atoms with Gasteiger partial charge in [-0.2, -0.15) is 9.61 Å². The standard InChI is InChI=1S/C7H8ClN5/c1-4-3-5(8)12-13-6(4)10-11-7(13)9-2/h3H,1-2H3,(H,9,11). The molecule has 2 aromatic heterocycles. The van der Waals surface area contributed by atoms with Crippen LogP contribution in [0.1, 0.15) is 5.56 Å². The van der Waals surface area contributed by atoms with E-state index < -0.39 is 0 Å². The SMILES string of the molecule is CNc1nnc2c(C)cc(Cl)nn12. The lowest BCUT2D eigenvalue weighted by Gasteiger charge is -1.99. The summed E-state index contributed by atoms with van der Waals surface area (Å²) in [5.41, 5.74) is 1.67. The zero-order valence-electron chi connectivity index (χ0n) is 7.24. The first-order valence-corrected chi connectivity index (χ1v) is 4.16. The van der Waals surface area contributed by atoms with E-state index in [0.29, 0.717) is 16.7 Å². The normalized spacial score (nSPS) is 10.7. The summed E-state index contributed by atoms with van der Waals surface area (Å²) in [5, 5.41) is 15.2. The van der Waals surface area contributed by atoms with Gasteiger partial charge in [0, 0.05) is 7.05 Å². The zero-order chi connectivity index (χ0) is 9.42. The number of halogens is 1. The summed E-state index contributed by atoms with van der Waals surface area (Å²) < 4.78 is 1.58. The molecule has 0 aliphatic carbocycles. The summed E-state index contributed by atoms with van der Waals surface area (Å²) in [7, 11) is 1.76. The summed E-state index contributed by atoms with van der Waals surface area (Å²) >= 11 is 5.79. The van der Waals surface area contributed by atoms with Crippen molar-refractivity contribution in [3.63, 3.8) is 0 Å². The number of nitrogens with zero attached hydrogens (tertiary/aromatic N) is 4. The van der Waals surface area contributed by atoms with Gasteiger partial charge in [-0.15, -0.1) is 10.2 Å². The maximum atomic E-state index is 5.79. The van der Waals surface area contributed by atoms with E-state index in [1.165, 1.54) is 0 Å². The number of aryl methyl sites for hydroxylation is 1. The summed E-state index contributed by atoms with van der Waals surface area (Å²) in [5.74, 6) is 0.584. The Labute approximate surface area is 79.7 Å². The molecule has 0 bridgehead atoms. The Bertz CT molecular complexity index is 449. The van der Waals surface area contributed by atoms with Crippen molar-refractivity contribution >= 4 is 23.2 Å². The lowest BCUT2D eigenvalue weighted by Crippen LogP contribution is -2.00. The van der Waals surface area contributed by atoms with Crippen LogP contribution in [0.4, 0.5) is 5.95 Å². The number of fused-ring (bicyclic) bond motifs is 1. The van der Waals surface area contributed by atoms with Crippen molar-refractivity contribution in [1.82, 2.24) is 19.8 Å². The molecule has 0 spiro atoms. The minimum absolute atomic E-state index is 0.432. The minimum atomic E-state index is 0.432. The summed E-state index contributed by atoms with van der Waals surface area (Å²) in [6.45, 7) is 1.91. The predicted octanol–water partition coefficient (Wildman–Crippen LogP) is 1.13. The smallest absolute Gasteiger partial charge is 0.245 e. The molecule has 0 aliphatic rings. The van der Waals surface area contributed by atoms with Gasteiger partial charge in [-0.3, -0.25) is 0 Å². The second-order valence-electron chi connectivity index (χ2n) is 2.66. The summed E-state index contributed by atoms with van der Waals surface area (Å²) in [4.78, 5) is 0. The molecule has 1 N–H and O–H groups in total. The zero-order valence-corrected chi connectivity index (χ0v) is 8.00. The van der Waals surface area contributed by atoms with Crippen LogP contribution in [0, 0.1) is 6.92 Å². The van der Waals surface area contributed by atoms with Crippen LogP contribution in [0.5, 0.6) is 0 Å². The molecular weight excluding hydrogens is 190 g/mol. The highest BCUT2D eigenvalue weighted by Crippen LogP contribution is 2.14. The molecule has 0 unspecified atom stereocenters. The second-order valence-corrected chi connectivity index (χ2v) is 3.05. The van der Waals surface area contributed by atoms with Crippen molar-refractivity contribution < 1.29 is 0 Å². The van der Waals surface area contributed by atoms with E-state index in [-0.39, 0.29) is 0 Å². The quantitative estimate of drug-likeness (QED) is 0.745. The monoisotopic (exact) mass is 197 g/mol. The van der Waals surface area contributed by atoms with Gasteiger partial charge < -0.3 is 5.32 Å². The van der Waals surface area contributed by atoms with Crippen LogP contribution < -0.4 is 5.32 Å². The fourth-order valence-electron chi connectivity index (χ4n) is 1.14. The Balaban J connectivity index is 2.82. The molecule has 0 radical (unpaired) electrons. The average molecular weight is 198 g/mol. The maximum absolute atomic E-state index is 5.79. The molecule has 0 amide bonds. The molecular formula is C7H8ClN5. The van der Waals surface area contributed by atoms with Crippen LogP contribution in [-0.4, -0.2) is 26.9 Å². The third kappa shape index (κ3) is 1.21. The molecule has 6 heteroatoms. The molecule has 0 saturated heterocycles. The van der Waals surface area contributed by atoms with Gasteiger partial charge in [-0.05, 0) is 18.6 Å². The number of anilines is 1. The van der Waals surface area contributed by atoms with Crippen LogP contribution in [-0.2, 0) is 0 Å². The molecule has 2 aromatic rings. The number of aromatic nitrogens is 4. The van der Waals surface area contributed by atoms with Crippen molar-refractivity contribution in [2.45, 2.75) is 6.92 Å². The van der Waals surface area contributed by atoms with Crippen molar-refractivity contribution in [2.24, 2.45) is 0 Å². The van der Waals surface area contributed by atoms with Gasteiger partial charge in [0.1, 0.15) is 0 Å². The highest BCUT2D eigenvalue weighted by molar-refractivity contribution is 6.29. The van der Waals surface area contributed by atoms with Crippen LogP contribution >= 0.6 is 11.6 Å². The lowest BCUT2D eigenvalue weighted by molar-refractivity contribution is 0.925. The van der Waals surface area contributed by atoms with E-state index in [1.807, 2.05) is 6.92 Å². The summed E-state index contributed by atoms with van der Waals surface area (Å²) in [6.07, 6.45) is 0. The molecule has 68 valence electrons. The van der Waals surface area contributed by atoms with E-state index in [2.05, 4.69) is 20.6 Å². The van der Waals surface area contributed by atoms with Gasteiger partial charge in [0.25, 0.3) is 0 Å². The van der Waals surface area contributed by atoms with Gasteiger partial charge in [-0.25, -0.2) is 0 Å². The first kappa shape index (κ1) is 8.25. The highest BCUT2D eigenvalue weighted by Gasteiger charge is 2.07. The Hall–Kier alpha value is -1.36. The van der Waals surface area contributed by atoms with Crippen molar-refractivity contribution in [2.75, 3.05) is 12.4 Å². The van der Waals surface area contributed by atoms with Crippen molar-refractivity contribution in [3.8, 4) is 0 Å². The second kappa shape index (κ2) is 2.85. The number of hydrogen-bond donors (Lipinski definition) is 1. The third-order valence-corrected chi connectivity index (χ3v) is 1.93. The van der Waals surface area contributed by atoms with E-state index in [1.54, 1.807) is 17.6 Å². The Morgan fingerprint density at radius 1 is 1.46 bits per heavy atom. The summed E-state index contributed by atoms with van der Waals surface area (Å²) in [6, 6.07) is 1.75. The van der Waals surface area contributed by atoms with E-state index in [4.69, 9.17) is 11.6 Å². The molecule has 0 saturated carbocycles. The Morgan fingerprint density at radius 2 is 2.23 bits per heavy atom. The van der Waals surface area contributed by atoms with Gasteiger partial charge in [-0.1, -0.05) is 11.6 Å². The predicted molar refractivity (Wildman–Crippen MR) is 50.1 cm³/mol. The highest BCUT2D eigenvalue weighted by atomic mass is 35.5. The lowest BCUT2D eigenvalue weighted by atomic mass is 10.3. The van der Waals surface area contributed by atoms with Crippen LogP contribution in [0.25, 0.3) is 5.65 Å². The molecule has 0 aromatic carbocycles. The molecule has 0 atom stereocenters. The largest absolute Gasteiger partial charge is 0.356 e. The Morgan fingerprint density at radius 3 is 2.92 bits per heavy atom. The molecule has 0 fully saturated rings. The van der Waals surface area contributed by atoms with Crippen LogP contribution in [0.15, 0.2) is 6.07 Å². The minimum Gasteiger partial charge on any atom is -0.356 e. The molecule has 5 nitrogen and oxygen atoms in total. The number of nitrogens with one attached hydrogen (secondary N) is 1. The van der Waals surface area contributed by atoms with Gasteiger partial charge >= 0.3 is 0 Å². The van der Waals surface area contributed by atoms with Gasteiger partial charge in [0.05, 0.1) is 0 Å². The van der Waals surface area contributed by atoms with Gasteiger partial charge in [0.15, 0.2) is 10.8 Å². The fourth-order valence-corrected chi connectivity index (χ4v) is 1.38. The first-order chi connectivity index (χ1) is 6.22. The first-order valence-electron chi connectivity index (χ1n) is 3.78. The van der Waals surface area contributed by atoms with Crippen molar-refractivity contribution in [1.29, 1.82) is 0 Å². The fraction of sp³-hybridized carbons (Fsp3) is 0.286. The van der Waals surface area contributed by atoms with E-state index in [9.17, 15) is 0 Å².